The van der Waals surface area contributed by atoms with E-state index in [4.69, 9.17) is 9.47 Å². The van der Waals surface area contributed by atoms with Gasteiger partial charge < -0.3 is 19.4 Å². The van der Waals surface area contributed by atoms with Gasteiger partial charge in [0.1, 0.15) is 5.75 Å². The number of amides is 1. The van der Waals surface area contributed by atoms with Crippen LogP contribution in [0.1, 0.15) is 6.92 Å². The van der Waals surface area contributed by atoms with Crippen LogP contribution in [-0.4, -0.2) is 53.3 Å². The molecule has 8 heteroatoms. The molecule has 0 spiro atoms. The molecule has 2 aromatic rings. The first-order valence-electron chi connectivity index (χ1n) is 7.50. The standard InChI is InChI=1S/C16H22N4O3S/c1-11(9-22-3)17-14(21)10-24-16-19-18-15(20(16)2)12-5-7-13(23-4)8-6-12/h5-8,11H,9-10H2,1-4H3,(H,17,21)/t11-/m1/s1. The van der Waals surface area contributed by atoms with Crippen LogP contribution in [0.5, 0.6) is 5.75 Å². The van der Waals surface area contributed by atoms with Crippen molar-refractivity contribution in [3.63, 3.8) is 0 Å². The summed E-state index contributed by atoms with van der Waals surface area (Å²) >= 11 is 1.35. The summed E-state index contributed by atoms with van der Waals surface area (Å²) < 4.78 is 12.0. The van der Waals surface area contributed by atoms with E-state index in [9.17, 15) is 4.79 Å². The Morgan fingerprint density at radius 2 is 2.00 bits per heavy atom. The van der Waals surface area contributed by atoms with E-state index in [0.29, 0.717) is 11.8 Å². The maximum atomic E-state index is 11.9. The fourth-order valence-electron chi connectivity index (χ4n) is 2.17. The zero-order valence-electron chi connectivity index (χ0n) is 14.3. The predicted molar refractivity (Wildman–Crippen MR) is 93.2 cm³/mol. The third-order valence-electron chi connectivity index (χ3n) is 3.34. The molecule has 2 rings (SSSR count). The van der Waals surface area contributed by atoms with Gasteiger partial charge in [0.15, 0.2) is 11.0 Å². The smallest absolute Gasteiger partial charge is 0.230 e. The van der Waals surface area contributed by atoms with Crippen molar-refractivity contribution in [3.05, 3.63) is 24.3 Å². The minimum absolute atomic E-state index is 0.0162. The average molecular weight is 350 g/mol. The van der Waals surface area contributed by atoms with Gasteiger partial charge in [-0.3, -0.25) is 4.79 Å². The summed E-state index contributed by atoms with van der Waals surface area (Å²) in [4.78, 5) is 11.9. The van der Waals surface area contributed by atoms with E-state index in [1.807, 2.05) is 42.8 Å². The molecule has 0 bridgehead atoms. The number of nitrogens with one attached hydrogen (secondary N) is 1. The van der Waals surface area contributed by atoms with Gasteiger partial charge in [-0.15, -0.1) is 10.2 Å². The highest BCUT2D eigenvalue weighted by atomic mass is 32.2. The molecular formula is C16H22N4O3S. The van der Waals surface area contributed by atoms with Gasteiger partial charge in [-0.2, -0.15) is 0 Å². The molecule has 1 aromatic heterocycles. The van der Waals surface area contributed by atoms with Gasteiger partial charge in [0.05, 0.1) is 19.5 Å². The number of ether oxygens (including phenoxy) is 2. The number of benzene rings is 1. The SMILES string of the molecule is COC[C@@H](C)NC(=O)CSc1nnc(-c2ccc(OC)cc2)n1C. The van der Waals surface area contributed by atoms with Gasteiger partial charge >= 0.3 is 0 Å². The van der Waals surface area contributed by atoms with Crippen molar-refractivity contribution >= 4 is 17.7 Å². The van der Waals surface area contributed by atoms with E-state index in [-0.39, 0.29) is 17.7 Å². The summed E-state index contributed by atoms with van der Waals surface area (Å²) in [5.41, 5.74) is 0.941. The van der Waals surface area contributed by atoms with Gasteiger partial charge in [0, 0.05) is 25.8 Å². The van der Waals surface area contributed by atoms with Gasteiger partial charge in [-0.05, 0) is 31.2 Å². The van der Waals surface area contributed by atoms with E-state index in [2.05, 4.69) is 15.5 Å². The molecule has 0 saturated heterocycles. The first-order chi connectivity index (χ1) is 11.5. The molecule has 1 atom stereocenters. The number of methoxy groups -OCH3 is 2. The van der Waals surface area contributed by atoms with Crippen LogP contribution in [0.4, 0.5) is 0 Å². The third kappa shape index (κ3) is 4.72. The summed E-state index contributed by atoms with van der Waals surface area (Å²) in [5.74, 6) is 1.76. The highest BCUT2D eigenvalue weighted by molar-refractivity contribution is 7.99. The van der Waals surface area contributed by atoms with E-state index in [1.165, 1.54) is 11.8 Å². The van der Waals surface area contributed by atoms with Crippen molar-refractivity contribution in [2.24, 2.45) is 7.05 Å². The Hall–Kier alpha value is -2.06. The van der Waals surface area contributed by atoms with Crippen molar-refractivity contribution in [2.45, 2.75) is 18.1 Å². The van der Waals surface area contributed by atoms with E-state index in [1.54, 1.807) is 14.2 Å². The molecule has 1 aromatic carbocycles. The normalized spacial score (nSPS) is 12.0. The Labute approximate surface area is 145 Å². The van der Waals surface area contributed by atoms with Gasteiger partial charge in [-0.25, -0.2) is 0 Å². The Balaban J connectivity index is 1.98. The summed E-state index contributed by atoms with van der Waals surface area (Å²) in [5, 5.41) is 11.9. The molecule has 0 saturated carbocycles. The molecule has 0 fully saturated rings. The Kier molecular flexibility index (Phi) is 6.62. The number of rotatable bonds is 8. The van der Waals surface area contributed by atoms with Crippen LogP contribution in [0.2, 0.25) is 0 Å². The highest BCUT2D eigenvalue weighted by Gasteiger charge is 2.14. The Bertz CT molecular complexity index is 672. The lowest BCUT2D eigenvalue weighted by atomic mass is 10.2. The second-order valence-electron chi connectivity index (χ2n) is 5.31. The van der Waals surface area contributed by atoms with Crippen molar-refractivity contribution in [1.29, 1.82) is 0 Å². The van der Waals surface area contributed by atoms with Gasteiger partial charge in [0.2, 0.25) is 5.91 Å². The van der Waals surface area contributed by atoms with Gasteiger partial charge in [0.25, 0.3) is 0 Å². The zero-order chi connectivity index (χ0) is 17.5. The molecule has 0 radical (unpaired) electrons. The van der Waals surface area contributed by atoms with Crippen LogP contribution >= 0.6 is 11.8 Å². The molecule has 1 N–H and O–H groups in total. The Morgan fingerprint density at radius 1 is 1.29 bits per heavy atom. The van der Waals surface area contributed by atoms with Crippen molar-refractivity contribution in [3.8, 4) is 17.1 Å². The number of carbonyl (C=O) groups is 1. The first-order valence-corrected chi connectivity index (χ1v) is 8.48. The van der Waals surface area contributed by atoms with Crippen LogP contribution in [0.3, 0.4) is 0 Å². The number of thioether (sulfide) groups is 1. The number of carbonyl (C=O) groups excluding carboxylic acids is 1. The van der Waals surface area contributed by atoms with Crippen LogP contribution in [0, 0.1) is 0 Å². The summed E-state index contributed by atoms with van der Waals surface area (Å²) in [7, 11) is 5.12. The van der Waals surface area contributed by atoms with E-state index < -0.39 is 0 Å². The molecule has 7 nitrogen and oxygen atoms in total. The Morgan fingerprint density at radius 3 is 2.62 bits per heavy atom. The van der Waals surface area contributed by atoms with Crippen LogP contribution in [0.25, 0.3) is 11.4 Å². The van der Waals surface area contributed by atoms with Crippen molar-refractivity contribution < 1.29 is 14.3 Å². The molecule has 0 aliphatic heterocycles. The van der Waals surface area contributed by atoms with Crippen LogP contribution in [-0.2, 0) is 16.6 Å². The second-order valence-corrected chi connectivity index (χ2v) is 6.25. The second kappa shape index (κ2) is 8.70. The molecule has 0 unspecified atom stereocenters. The van der Waals surface area contributed by atoms with Gasteiger partial charge in [-0.1, -0.05) is 11.8 Å². The average Bonchev–Trinajstić information content (AvgIpc) is 2.94. The molecule has 1 heterocycles. The lowest BCUT2D eigenvalue weighted by Crippen LogP contribution is -2.36. The maximum absolute atomic E-state index is 11.9. The fraction of sp³-hybridized carbons (Fsp3) is 0.438. The lowest BCUT2D eigenvalue weighted by Gasteiger charge is -2.12. The quantitative estimate of drug-likeness (QED) is 0.731. The summed E-state index contributed by atoms with van der Waals surface area (Å²) in [6.07, 6.45) is 0. The summed E-state index contributed by atoms with van der Waals surface area (Å²) in [6, 6.07) is 7.59. The van der Waals surface area contributed by atoms with E-state index >= 15 is 0 Å². The van der Waals surface area contributed by atoms with E-state index in [0.717, 1.165) is 17.1 Å². The van der Waals surface area contributed by atoms with Crippen molar-refractivity contribution in [1.82, 2.24) is 20.1 Å². The zero-order valence-corrected chi connectivity index (χ0v) is 15.1. The first kappa shape index (κ1) is 18.3. The molecule has 0 aliphatic carbocycles. The molecule has 24 heavy (non-hydrogen) atoms. The minimum Gasteiger partial charge on any atom is -0.497 e. The van der Waals surface area contributed by atoms with Crippen molar-refractivity contribution in [2.75, 3.05) is 26.6 Å². The largest absolute Gasteiger partial charge is 0.497 e. The van der Waals surface area contributed by atoms with Crippen LogP contribution in [0.15, 0.2) is 29.4 Å². The highest BCUT2D eigenvalue weighted by Crippen LogP contribution is 2.24. The topological polar surface area (TPSA) is 78.3 Å². The maximum Gasteiger partial charge on any atom is 0.230 e. The number of aromatic nitrogens is 3. The minimum atomic E-state index is -0.0569. The lowest BCUT2D eigenvalue weighted by molar-refractivity contribution is -0.119. The molecule has 1 amide bonds. The number of nitrogens with zero attached hydrogens (tertiary/aromatic N) is 3. The number of hydrogen-bond acceptors (Lipinski definition) is 6. The predicted octanol–water partition coefficient (Wildman–Crippen LogP) is 1.73. The molecule has 130 valence electrons. The summed E-state index contributed by atoms with van der Waals surface area (Å²) in [6.45, 7) is 2.39. The number of hydrogen-bond donors (Lipinski definition) is 1. The fourth-order valence-corrected chi connectivity index (χ4v) is 2.89. The third-order valence-corrected chi connectivity index (χ3v) is 4.36. The molecule has 0 aliphatic rings. The molecular weight excluding hydrogens is 328 g/mol. The monoisotopic (exact) mass is 350 g/mol. The van der Waals surface area contributed by atoms with Crippen LogP contribution < -0.4 is 10.1 Å².